The van der Waals surface area contributed by atoms with Gasteiger partial charge in [0.25, 0.3) is 0 Å². The summed E-state index contributed by atoms with van der Waals surface area (Å²) in [6.07, 6.45) is 3.09. The standard InChI is InChI=1S/C21H24N4OS.2ClH/c1-27-14-20-24-17-8-4-5-9-19(17)25(20)13-21(26)23-12-18-16-7-3-2-6-15(16)10-11-22-18;;/h2-9,18,22H,10-14H2,1H3,(H,23,26);2*1H. The van der Waals surface area contributed by atoms with E-state index in [1.54, 1.807) is 11.8 Å². The molecule has 0 saturated heterocycles. The Morgan fingerprint density at radius 3 is 2.79 bits per heavy atom. The first-order valence-corrected chi connectivity index (χ1v) is 10.7. The first-order valence-electron chi connectivity index (χ1n) is 9.27. The summed E-state index contributed by atoms with van der Waals surface area (Å²) in [5, 5.41) is 6.62. The van der Waals surface area contributed by atoms with Crippen molar-refractivity contribution in [2.75, 3.05) is 19.3 Å². The van der Waals surface area contributed by atoms with Gasteiger partial charge in [-0.15, -0.1) is 24.8 Å². The Bertz CT molecular complexity index is 963. The van der Waals surface area contributed by atoms with Crippen molar-refractivity contribution in [2.45, 2.75) is 24.8 Å². The number of halogens is 2. The molecule has 1 atom stereocenters. The summed E-state index contributed by atoms with van der Waals surface area (Å²) < 4.78 is 2.03. The van der Waals surface area contributed by atoms with Crippen LogP contribution in [0.1, 0.15) is 23.0 Å². The molecule has 1 amide bonds. The van der Waals surface area contributed by atoms with Gasteiger partial charge in [0.2, 0.25) is 5.91 Å². The van der Waals surface area contributed by atoms with E-state index in [1.807, 2.05) is 28.8 Å². The molecule has 2 aromatic carbocycles. The molecule has 156 valence electrons. The summed E-state index contributed by atoms with van der Waals surface area (Å²) in [6, 6.07) is 16.6. The number of aromatic nitrogens is 2. The molecule has 3 aromatic rings. The number of carbonyl (C=O) groups is 1. The van der Waals surface area contributed by atoms with Crippen LogP contribution in [-0.4, -0.2) is 34.8 Å². The van der Waals surface area contributed by atoms with Gasteiger partial charge in [-0.05, 0) is 42.5 Å². The molecule has 0 saturated carbocycles. The molecule has 8 heteroatoms. The lowest BCUT2D eigenvalue weighted by Crippen LogP contribution is -2.39. The van der Waals surface area contributed by atoms with Crippen molar-refractivity contribution in [3.63, 3.8) is 0 Å². The molecule has 4 rings (SSSR count). The minimum Gasteiger partial charge on any atom is -0.353 e. The van der Waals surface area contributed by atoms with Crippen LogP contribution in [0.2, 0.25) is 0 Å². The topological polar surface area (TPSA) is 59.0 Å². The number of amides is 1. The average molecular weight is 453 g/mol. The van der Waals surface area contributed by atoms with Gasteiger partial charge in [-0.1, -0.05) is 36.4 Å². The summed E-state index contributed by atoms with van der Waals surface area (Å²) in [6.45, 7) is 1.84. The third-order valence-electron chi connectivity index (χ3n) is 5.03. The largest absolute Gasteiger partial charge is 0.353 e. The molecule has 0 radical (unpaired) electrons. The van der Waals surface area contributed by atoms with Crippen molar-refractivity contribution in [3.05, 3.63) is 65.5 Å². The van der Waals surface area contributed by atoms with Crippen LogP contribution in [0.15, 0.2) is 48.5 Å². The zero-order chi connectivity index (χ0) is 18.6. The first-order chi connectivity index (χ1) is 13.3. The number of imidazole rings is 1. The van der Waals surface area contributed by atoms with E-state index in [0.29, 0.717) is 13.1 Å². The van der Waals surface area contributed by atoms with Crippen molar-refractivity contribution in [2.24, 2.45) is 0 Å². The fraction of sp³-hybridized carbons (Fsp3) is 0.333. The van der Waals surface area contributed by atoms with Crippen LogP contribution in [0, 0.1) is 0 Å². The molecule has 2 N–H and O–H groups in total. The quantitative estimate of drug-likeness (QED) is 0.597. The van der Waals surface area contributed by atoms with Crippen molar-refractivity contribution >= 4 is 53.5 Å². The van der Waals surface area contributed by atoms with Crippen molar-refractivity contribution in [1.29, 1.82) is 0 Å². The van der Waals surface area contributed by atoms with E-state index in [1.165, 1.54) is 11.1 Å². The van der Waals surface area contributed by atoms with E-state index >= 15 is 0 Å². The van der Waals surface area contributed by atoms with Crippen LogP contribution in [0.25, 0.3) is 11.0 Å². The minimum absolute atomic E-state index is 0. The zero-order valence-corrected chi connectivity index (χ0v) is 18.7. The smallest absolute Gasteiger partial charge is 0.240 e. The number of nitrogens with zero attached hydrogens (tertiary/aromatic N) is 2. The van der Waals surface area contributed by atoms with Crippen molar-refractivity contribution < 1.29 is 4.79 Å². The van der Waals surface area contributed by atoms with E-state index in [9.17, 15) is 4.79 Å². The van der Waals surface area contributed by atoms with Crippen molar-refractivity contribution in [3.8, 4) is 0 Å². The van der Waals surface area contributed by atoms with Crippen LogP contribution in [0.5, 0.6) is 0 Å². The van der Waals surface area contributed by atoms with Gasteiger partial charge in [-0.25, -0.2) is 4.98 Å². The highest BCUT2D eigenvalue weighted by molar-refractivity contribution is 7.97. The zero-order valence-electron chi connectivity index (χ0n) is 16.3. The maximum Gasteiger partial charge on any atom is 0.240 e. The Balaban J connectivity index is 0.00000150. The molecule has 0 aliphatic carbocycles. The van der Waals surface area contributed by atoms with E-state index < -0.39 is 0 Å². The molecule has 1 aromatic heterocycles. The average Bonchev–Trinajstić information content (AvgIpc) is 3.04. The molecule has 29 heavy (non-hydrogen) atoms. The van der Waals surface area contributed by atoms with Gasteiger partial charge in [0, 0.05) is 12.6 Å². The highest BCUT2D eigenvalue weighted by atomic mass is 35.5. The predicted octanol–water partition coefficient (Wildman–Crippen LogP) is 3.75. The summed E-state index contributed by atoms with van der Waals surface area (Å²) >= 11 is 1.71. The van der Waals surface area contributed by atoms with Crippen LogP contribution in [-0.2, 0) is 23.5 Å². The summed E-state index contributed by atoms with van der Waals surface area (Å²) in [7, 11) is 0. The number of rotatable bonds is 6. The van der Waals surface area contributed by atoms with Gasteiger partial charge in [0.15, 0.2) is 0 Å². The van der Waals surface area contributed by atoms with Gasteiger partial charge in [-0.2, -0.15) is 11.8 Å². The second-order valence-electron chi connectivity index (χ2n) is 6.80. The van der Waals surface area contributed by atoms with Gasteiger partial charge in [0.1, 0.15) is 12.4 Å². The van der Waals surface area contributed by atoms with E-state index in [0.717, 1.165) is 35.6 Å². The molecule has 0 spiro atoms. The number of hydrogen-bond donors (Lipinski definition) is 2. The maximum absolute atomic E-state index is 12.7. The predicted molar refractivity (Wildman–Crippen MR) is 125 cm³/mol. The summed E-state index contributed by atoms with van der Waals surface area (Å²) in [4.78, 5) is 17.4. The molecule has 0 bridgehead atoms. The van der Waals surface area contributed by atoms with E-state index in [2.05, 4.69) is 46.1 Å². The summed E-state index contributed by atoms with van der Waals surface area (Å²) in [5.41, 5.74) is 4.62. The Labute approximate surface area is 187 Å². The number of carbonyl (C=O) groups excluding carboxylic acids is 1. The lowest BCUT2D eigenvalue weighted by atomic mass is 9.94. The molecule has 1 aliphatic rings. The lowest BCUT2D eigenvalue weighted by Gasteiger charge is -2.27. The van der Waals surface area contributed by atoms with Crippen LogP contribution in [0.3, 0.4) is 0 Å². The third-order valence-corrected chi connectivity index (χ3v) is 5.57. The highest BCUT2D eigenvalue weighted by Gasteiger charge is 2.20. The lowest BCUT2D eigenvalue weighted by molar-refractivity contribution is -0.121. The highest BCUT2D eigenvalue weighted by Crippen LogP contribution is 2.22. The van der Waals surface area contributed by atoms with E-state index in [-0.39, 0.29) is 36.8 Å². The second-order valence-corrected chi connectivity index (χ2v) is 7.66. The molecule has 0 fully saturated rings. The van der Waals surface area contributed by atoms with Gasteiger partial charge < -0.3 is 15.2 Å². The summed E-state index contributed by atoms with van der Waals surface area (Å²) in [5.74, 6) is 1.75. The minimum atomic E-state index is 0. The number of nitrogens with one attached hydrogen (secondary N) is 2. The maximum atomic E-state index is 12.7. The van der Waals surface area contributed by atoms with Gasteiger partial charge >= 0.3 is 0 Å². The molecular formula is C21H26Cl2N4OS. The Kier molecular flexibility index (Phi) is 8.83. The van der Waals surface area contributed by atoms with Crippen LogP contribution in [0.4, 0.5) is 0 Å². The second kappa shape index (κ2) is 10.9. The van der Waals surface area contributed by atoms with Gasteiger partial charge in [-0.3, -0.25) is 4.79 Å². The van der Waals surface area contributed by atoms with Crippen molar-refractivity contribution in [1.82, 2.24) is 20.2 Å². The molecular weight excluding hydrogens is 427 g/mol. The fourth-order valence-electron chi connectivity index (χ4n) is 3.73. The fourth-order valence-corrected chi connectivity index (χ4v) is 4.21. The number of hydrogen-bond acceptors (Lipinski definition) is 4. The number of thioether (sulfide) groups is 1. The normalized spacial score (nSPS) is 15.1. The molecule has 1 aliphatic heterocycles. The molecule has 5 nitrogen and oxygen atoms in total. The number of benzene rings is 2. The third kappa shape index (κ3) is 5.25. The number of fused-ring (bicyclic) bond motifs is 2. The molecule has 1 unspecified atom stereocenters. The molecule has 2 heterocycles. The van der Waals surface area contributed by atoms with E-state index in [4.69, 9.17) is 0 Å². The number of para-hydroxylation sites is 2. The first kappa shape index (κ1) is 23.5. The Morgan fingerprint density at radius 1 is 1.21 bits per heavy atom. The Hall–Kier alpha value is -1.73. The van der Waals surface area contributed by atoms with Crippen LogP contribution >= 0.6 is 36.6 Å². The monoisotopic (exact) mass is 452 g/mol. The van der Waals surface area contributed by atoms with Gasteiger partial charge in [0.05, 0.1) is 16.8 Å². The Morgan fingerprint density at radius 2 is 1.97 bits per heavy atom. The van der Waals surface area contributed by atoms with Crippen LogP contribution < -0.4 is 10.6 Å². The SMILES string of the molecule is CSCc1nc2ccccc2n1CC(=O)NCC1NCCc2ccccc21.Cl.Cl.